The summed E-state index contributed by atoms with van der Waals surface area (Å²) in [5.74, 6) is -0.241. The third kappa shape index (κ3) is 63.0. The number of nitrogens with one attached hydrogen (secondary N) is 1. The molecule has 0 aliphatic rings. The number of carbonyl (C=O) groups excluding carboxylic acids is 1. The summed E-state index contributed by atoms with van der Waals surface area (Å²) in [5, 5.41) is 13.9. The van der Waals surface area contributed by atoms with Crippen LogP contribution >= 0.6 is 7.82 Å². The lowest BCUT2D eigenvalue weighted by molar-refractivity contribution is -0.870. The lowest BCUT2D eigenvalue weighted by Crippen LogP contribution is -2.45. The first kappa shape index (κ1) is 76.6. The minimum absolute atomic E-state index is 0.0346. The average Bonchev–Trinajstić information content (AvgIpc) is 3.43. The molecule has 1 amide bonds. The zero-order valence-electron chi connectivity index (χ0n) is 51.9. The minimum Gasteiger partial charge on any atom is -0.387 e. The Morgan fingerprint density at radius 3 is 1.14 bits per heavy atom. The largest absolute Gasteiger partial charge is 0.472 e. The van der Waals surface area contributed by atoms with Crippen LogP contribution in [0.1, 0.15) is 213 Å². The number of aliphatic hydroxyl groups is 1. The molecule has 0 saturated heterocycles. The van der Waals surface area contributed by atoms with E-state index in [0.29, 0.717) is 17.4 Å². The molecule has 0 aliphatic carbocycles. The predicted octanol–water partition coefficient (Wildman–Crippen LogP) is 20.1. The van der Waals surface area contributed by atoms with Crippen LogP contribution in [0.25, 0.3) is 0 Å². The summed E-state index contributed by atoms with van der Waals surface area (Å²) in [5.41, 5.74) is 0. The van der Waals surface area contributed by atoms with Gasteiger partial charge in [0.2, 0.25) is 5.91 Å². The molecule has 9 heteroatoms. The molecule has 0 fully saturated rings. The van der Waals surface area contributed by atoms with Crippen molar-refractivity contribution in [2.75, 3.05) is 40.9 Å². The van der Waals surface area contributed by atoms with E-state index in [2.05, 4.69) is 189 Å². The highest BCUT2D eigenvalue weighted by Gasteiger charge is 2.27. The fourth-order valence-corrected chi connectivity index (χ4v) is 8.67. The zero-order valence-corrected chi connectivity index (χ0v) is 52.8. The first-order valence-electron chi connectivity index (χ1n) is 31.7. The van der Waals surface area contributed by atoms with Gasteiger partial charge < -0.3 is 19.8 Å². The fourth-order valence-electron chi connectivity index (χ4n) is 7.94. The van der Waals surface area contributed by atoms with E-state index in [-0.39, 0.29) is 25.5 Å². The van der Waals surface area contributed by atoms with E-state index in [1.807, 2.05) is 27.2 Å². The molecular weight excluding hydrogens is 1020 g/mol. The molecule has 0 aromatic heterocycles. The minimum atomic E-state index is -4.39. The van der Waals surface area contributed by atoms with Crippen LogP contribution in [-0.2, 0) is 18.4 Å². The van der Waals surface area contributed by atoms with E-state index < -0.39 is 20.0 Å². The van der Waals surface area contributed by atoms with Gasteiger partial charge in [0.05, 0.1) is 39.9 Å². The number of phosphoric ester groups is 1. The number of allylic oxidation sites excluding steroid dienone is 29. The maximum atomic E-state index is 13.0. The van der Waals surface area contributed by atoms with Crippen LogP contribution in [0.15, 0.2) is 182 Å². The molecule has 0 radical (unpaired) electrons. The quantitative estimate of drug-likeness (QED) is 0.0243. The van der Waals surface area contributed by atoms with Crippen LogP contribution in [0, 0.1) is 0 Å². The van der Waals surface area contributed by atoms with Crippen molar-refractivity contribution in [3.05, 3.63) is 182 Å². The molecule has 0 rings (SSSR count). The van der Waals surface area contributed by atoms with E-state index in [9.17, 15) is 19.4 Å². The van der Waals surface area contributed by atoms with E-state index in [4.69, 9.17) is 9.05 Å². The number of aliphatic hydroxyl groups excluding tert-OH is 1. The Hall–Kier alpha value is -4.40. The Balaban J connectivity index is 4.34. The smallest absolute Gasteiger partial charge is 0.387 e. The second-order valence-electron chi connectivity index (χ2n) is 21.7. The fraction of sp³-hybridized carbons (Fsp3) is 0.569. The number of phosphoric acid groups is 1. The zero-order chi connectivity index (χ0) is 59.1. The van der Waals surface area contributed by atoms with E-state index >= 15 is 0 Å². The lowest BCUT2D eigenvalue weighted by Gasteiger charge is -2.25. The van der Waals surface area contributed by atoms with Crippen molar-refractivity contribution in [2.24, 2.45) is 0 Å². The van der Waals surface area contributed by atoms with E-state index in [1.165, 1.54) is 70.6 Å². The summed E-state index contributed by atoms with van der Waals surface area (Å²) in [6.07, 6.45) is 97.3. The molecule has 0 heterocycles. The number of hydrogen-bond donors (Lipinski definition) is 3. The summed E-state index contributed by atoms with van der Waals surface area (Å²) in [4.78, 5) is 23.3. The molecule has 8 nitrogen and oxygen atoms in total. The topological polar surface area (TPSA) is 105 Å². The number of rotatable bonds is 55. The van der Waals surface area contributed by atoms with Crippen molar-refractivity contribution in [2.45, 2.75) is 225 Å². The molecule has 3 unspecified atom stereocenters. The number of amides is 1. The Morgan fingerprint density at radius 2 is 0.753 bits per heavy atom. The number of carbonyl (C=O) groups is 1. The second kappa shape index (κ2) is 60.2. The van der Waals surface area contributed by atoms with Crippen molar-refractivity contribution in [1.82, 2.24) is 5.32 Å². The van der Waals surface area contributed by atoms with Crippen LogP contribution in [0.5, 0.6) is 0 Å². The highest BCUT2D eigenvalue weighted by molar-refractivity contribution is 7.47. The summed E-state index contributed by atoms with van der Waals surface area (Å²) in [6, 6.07) is -0.908. The lowest BCUT2D eigenvalue weighted by atomic mass is 10.1. The Kier molecular flexibility index (Phi) is 56.9. The third-order valence-corrected chi connectivity index (χ3v) is 13.8. The van der Waals surface area contributed by atoms with Gasteiger partial charge in [-0.2, -0.15) is 0 Å². The Morgan fingerprint density at radius 1 is 0.432 bits per heavy atom. The van der Waals surface area contributed by atoms with Crippen LogP contribution < -0.4 is 5.32 Å². The van der Waals surface area contributed by atoms with Gasteiger partial charge in [-0.25, -0.2) is 4.57 Å². The molecule has 0 spiro atoms. The molecular formula is C72H118N2O6P+. The molecule has 3 N–H and O–H groups in total. The molecule has 0 bridgehead atoms. The molecule has 3 atom stereocenters. The van der Waals surface area contributed by atoms with Crippen LogP contribution in [0.2, 0.25) is 0 Å². The highest BCUT2D eigenvalue weighted by Crippen LogP contribution is 2.43. The maximum Gasteiger partial charge on any atom is 0.472 e. The number of quaternary nitrogens is 1. The van der Waals surface area contributed by atoms with Gasteiger partial charge in [-0.1, -0.05) is 254 Å². The molecule has 0 aromatic carbocycles. The SMILES string of the molecule is CC/C=C\C/C=C\C/C=C\C/C=C\C/C=C\C/C=C\C/C=C\C/C=C\C/C=C\C/C=C\C/C=C\C/C=C\CCCCC(=O)NC(COP(=O)(O)OCC[N+](C)(C)C)C(O)/C=C/CC/C=C/CC/C=C/CCCCCCCCCCCC. The monoisotopic (exact) mass is 1140 g/mol. The van der Waals surface area contributed by atoms with Crippen LogP contribution in [0.3, 0.4) is 0 Å². The number of nitrogens with zero attached hydrogens (tertiary/aromatic N) is 1. The molecule has 0 saturated carbocycles. The van der Waals surface area contributed by atoms with E-state index in [1.54, 1.807) is 6.08 Å². The standard InChI is InChI=1S/C72H117N2O6P/c1-6-8-10-12-14-16-18-20-22-24-26-28-29-30-31-32-33-34-35-36-37-38-39-40-41-42-43-44-45-46-48-50-52-54-56-58-60-62-64-66-72(76)73-70(69-80-81(77,78)79-68-67-74(3,4)5)71(75)65-63-61-59-57-55-53-51-49-47-27-25-23-21-19-17-15-13-11-9-7-2/h8,10,14,16,20,22,26,28,30-31,33-34,36-37,39-40,42-43,45-47,49-50,52,55-58,63,65,70-71,75H,6-7,9,11-13,15,17-19,21,23-25,27,29,32,35,38,41,44,48,51,53-54,59-62,64,66-69H2,1-5H3,(H-,73,76,77,78)/p+1/b10-8-,16-14-,22-20-,28-26-,31-30-,34-33-,37-36-,40-39-,43-42-,46-45-,49-47+,52-50-,57-55+,58-56-,65-63+. The van der Waals surface area contributed by atoms with Gasteiger partial charge in [0, 0.05) is 6.42 Å². The second-order valence-corrected chi connectivity index (χ2v) is 23.1. The van der Waals surface area contributed by atoms with E-state index in [0.717, 1.165) is 116 Å². The average molecular weight is 1140 g/mol. The van der Waals surface area contributed by atoms with Gasteiger partial charge in [0.1, 0.15) is 13.2 Å². The highest BCUT2D eigenvalue weighted by atomic mass is 31.2. The Bertz CT molecular complexity index is 1970. The van der Waals surface area contributed by atoms with Gasteiger partial charge in [-0.15, -0.1) is 0 Å². The predicted molar refractivity (Wildman–Crippen MR) is 354 cm³/mol. The molecule has 81 heavy (non-hydrogen) atoms. The van der Waals surface area contributed by atoms with Crippen molar-refractivity contribution < 1.29 is 32.9 Å². The first-order chi connectivity index (χ1) is 39.5. The number of unbranched alkanes of at least 4 members (excludes halogenated alkanes) is 14. The normalized spacial score (nSPS) is 15.0. The van der Waals surface area contributed by atoms with Gasteiger partial charge in [0.15, 0.2) is 0 Å². The summed E-state index contributed by atoms with van der Waals surface area (Å²) >= 11 is 0. The molecule has 0 aliphatic heterocycles. The number of hydrogen-bond acceptors (Lipinski definition) is 5. The van der Waals surface area contributed by atoms with Crippen molar-refractivity contribution >= 4 is 13.7 Å². The maximum absolute atomic E-state index is 13.0. The van der Waals surface area contributed by atoms with Crippen LogP contribution in [-0.4, -0.2) is 73.4 Å². The molecule has 456 valence electrons. The first-order valence-corrected chi connectivity index (χ1v) is 33.2. The van der Waals surface area contributed by atoms with Crippen molar-refractivity contribution in [1.29, 1.82) is 0 Å². The van der Waals surface area contributed by atoms with Gasteiger partial charge >= 0.3 is 7.82 Å². The number of likely N-dealkylation sites (N-methyl/N-ethyl adjacent to an activating group) is 1. The Labute approximate surface area is 497 Å². The van der Waals surface area contributed by atoms with Crippen molar-refractivity contribution in [3.8, 4) is 0 Å². The van der Waals surface area contributed by atoms with Crippen LogP contribution in [0.4, 0.5) is 0 Å². The third-order valence-electron chi connectivity index (χ3n) is 12.8. The summed E-state index contributed by atoms with van der Waals surface area (Å²) in [7, 11) is 1.49. The van der Waals surface area contributed by atoms with Gasteiger partial charge in [-0.05, 0) is 135 Å². The summed E-state index contributed by atoms with van der Waals surface area (Å²) in [6.45, 7) is 4.61. The molecule has 0 aromatic rings. The van der Waals surface area contributed by atoms with Gasteiger partial charge in [-0.3, -0.25) is 13.8 Å². The summed E-state index contributed by atoms with van der Waals surface area (Å²) < 4.78 is 23.7. The van der Waals surface area contributed by atoms with Crippen molar-refractivity contribution in [3.63, 3.8) is 0 Å². The van der Waals surface area contributed by atoms with Gasteiger partial charge in [0.25, 0.3) is 0 Å².